The Kier molecular flexibility index (Phi) is 6.41. The van der Waals surface area contributed by atoms with Crippen molar-refractivity contribution in [2.24, 2.45) is 11.7 Å². The number of non-ortho nitro benzene ring substituents is 1. The first-order chi connectivity index (χ1) is 9.43. The fraction of sp³-hybridized carbons (Fsp3) is 0.462. The molecule has 110 valence electrons. The second-order valence-corrected chi connectivity index (χ2v) is 5.10. The van der Waals surface area contributed by atoms with Crippen molar-refractivity contribution in [1.82, 2.24) is 0 Å². The van der Waals surface area contributed by atoms with Gasteiger partial charge in [-0.2, -0.15) is 0 Å². The minimum Gasteiger partial charge on any atom is -0.330 e. The van der Waals surface area contributed by atoms with Crippen LogP contribution in [0.15, 0.2) is 18.2 Å². The molecule has 0 bridgehead atoms. The topological polar surface area (TPSA) is 98.3 Å². The molecule has 3 N–H and O–H groups in total. The van der Waals surface area contributed by atoms with Gasteiger partial charge < -0.3 is 11.1 Å². The number of hydrogen-bond acceptors (Lipinski definition) is 4. The van der Waals surface area contributed by atoms with E-state index < -0.39 is 4.92 Å². The van der Waals surface area contributed by atoms with Crippen molar-refractivity contribution in [3.8, 4) is 0 Å². The van der Waals surface area contributed by atoms with E-state index in [9.17, 15) is 14.9 Å². The first kappa shape index (κ1) is 16.4. The zero-order valence-corrected chi connectivity index (χ0v) is 12.0. The lowest BCUT2D eigenvalue weighted by molar-refractivity contribution is -0.384. The Morgan fingerprint density at radius 1 is 1.50 bits per heavy atom. The van der Waals surface area contributed by atoms with Gasteiger partial charge in [0.05, 0.1) is 15.6 Å². The van der Waals surface area contributed by atoms with Crippen LogP contribution in [0.5, 0.6) is 0 Å². The number of nitrogens with zero attached hydrogens (tertiary/aromatic N) is 1. The van der Waals surface area contributed by atoms with Crippen molar-refractivity contribution in [2.45, 2.75) is 26.2 Å². The van der Waals surface area contributed by atoms with E-state index in [2.05, 4.69) is 5.32 Å². The number of rotatable bonds is 7. The molecular formula is C13H18ClN3O3. The SMILES string of the molecule is CC(CCN)CCC(=O)Nc1ccc([N+](=O)[O-])cc1Cl. The van der Waals surface area contributed by atoms with Crippen LogP contribution >= 0.6 is 11.6 Å². The molecule has 0 heterocycles. The summed E-state index contributed by atoms with van der Waals surface area (Å²) in [6, 6.07) is 3.95. The molecule has 0 aliphatic carbocycles. The van der Waals surface area contributed by atoms with Gasteiger partial charge in [-0.1, -0.05) is 18.5 Å². The van der Waals surface area contributed by atoms with Crippen LogP contribution in [0.2, 0.25) is 5.02 Å². The molecule has 1 unspecified atom stereocenters. The van der Waals surface area contributed by atoms with E-state index in [1.165, 1.54) is 18.2 Å². The summed E-state index contributed by atoms with van der Waals surface area (Å²) in [5.74, 6) is 0.225. The highest BCUT2D eigenvalue weighted by atomic mass is 35.5. The van der Waals surface area contributed by atoms with Gasteiger partial charge in [0.1, 0.15) is 0 Å². The molecule has 0 radical (unpaired) electrons. The Morgan fingerprint density at radius 3 is 2.75 bits per heavy atom. The summed E-state index contributed by atoms with van der Waals surface area (Å²) in [5.41, 5.74) is 5.72. The third-order valence-electron chi connectivity index (χ3n) is 2.96. The Labute approximate surface area is 122 Å². The summed E-state index contributed by atoms with van der Waals surface area (Å²) in [6.07, 6.45) is 1.99. The third kappa shape index (κ3) is 5.14. The first-order valence-corrected chi connectivity index (χ1v) is 6.75. The van der Waals surface area contributed by atoms with Crippen molar-refractivity contribution in [2.75, 3.05) is 11.9 Å². The lowest BCUT2D eigenvalue weighted by Gasteiger charge is -2.10. The lowest BCUT2D eigenvalue weighted by atomic mass is 10.0. The molecule has 0 saturated heterocycles. The van der Waals surface area contributed by atoms with E-state index in [4.69, 9.17) is 17.3 Å². The van der Waals surface area contributed by atoms with Crippen molar-refractivity contribution in [3.05, 3.63) is 33.3 Å². The van der Waals surface area contributed by atoms with E-state index in [0.29, 0.717) is 24.6 Å². The number of amides is 1. The number of hydrogen-bond donors (Lipinski definition) is 2. The number of halogens is 1. The summed E-state index contributed by atoms with van der Waals surface area (Å²) in [7, 11) is 0. The Balaban J connectivity index is 2.56. The fourth-order valence-electron chi connectivity index (χ4n) is 1.74. The molecule has 7 heteroatoms. The number of nitrogens with one attached hydrogen (secondary N) is 1. The van der Waals surface area contributed by atoms with Crippen molar-refractivity contribution in [1.29, 1.82) is 0 Å². The van der Waals surface area contributed by atoms with Gasteiger partial charge in [0.25, 0.3) is 5.69 Å². The number of nitrogens with two attached hydrogens (primary N) is 1. The van der Waals surface area contributed by atoms with Crippen LogP contribution in [0, 0.1) is 16.0 Å². The van der Waals surface area contributed by atoms with Gasteiger partial charge in [0, 0.05) is 18.6 Å². The van der Waals surface area contributed by atoms with Crippen molar-refractivity contribution in [3.63, 3.8) is 0 Å². The molecule has 0 aliphatic rings. The summed E-state index contributed by atoms with van der Waals surface area (Å²) in [6.45, 7) is 2.65. The quantitative estimate of drug-likeness (QED) is 0.597. The van der Waals surface area contributed by atoms with Gasteiger partial charge in [0.2, 0.25) is 5.91 Å². The monoisotopic (exact) mass is 299 g/mol. The van der Waals surface area contributed by atoms with Gasteiger partial charge in [-0.15, -0.1) is 0 Å². The predicted octanol–water partition coefficient (Wildman–Crippen LogP) is 2.95. The third-order valence-corrected chi connectivity index (χ3v) is 3.27. The molecule has 0 saturated carbocycles. The molecule has 0 spiro atoms. The molecule has 0 aromatic heterocycles. The summed E-state index contributed by atoms with van der Waals surface area (Å²) < 4.78 is 0. The van der Waals surface area contributed by atoms with Gasteiger partial charge in [-0.25, -0.2) is 0 Å². The molecule has 1 aromatic carbocycles. The standard InChI is InChI=1S/C13H18ClN3O3/c1-9(6-7-15)2-5-13(18)16-12-4-3-10(17(19)20)8-11(12)14/h3-4,8-9H,2,5-7,15H2,1H3,(H,16,18). The van der Waals surface area contributed by atoms with Gasteiger partial charge in [0.15, 0.2) is 0 Å². The summed E-state index contributed by atoms with van der Waals surface area (Å²) in [5, 5.41) is 13.4. The van der Waals surface area contributed by atoms with Crippen LogP contribution in [-0.4, -0.2) is 17.4 Å². The second-order valence-electron chi connectivity index (χ2n) is 4.69. The maximum absolute atomic E-state index is 11.8. The average molecular weight is 300 g/mol. The van der Waals surface area contributed by atoms with E-state index in [-0.39, 0.29) is 16.6 Å². The molecule has 0 fully saturated rings. The normalized spacial score (nSPS) is 11.9. The number of nitro groups is 1. The molecule has 0 aliphatic heterocycles. The number of carbonyl (C=O) groups is 1. The average Bonchev–Trinajstić information content (AvgIpc) is 2.39. The Bertz CT molecular complexity index is 494. The highest BCUT2D eigenvalue weighted by Gasteiger charge is 2.12. The van der Waals surface area contributed by atoms with Crippen LogP contribution < -0.4 is 11.1 Å². The molecule has 20 heavy (non-hydrogen) atoms. The van der Waals surface area contributed by atoms with E-state index in [1.807, 2.05) is 6.92 Å². The molecule has 6 nitrogen and oxygen atoms in total. The van der Waals surface area contributed by atoms with Crippen LogP contribution in [0.3, 0.4) is 0 Å². The maximum Gasteiger partial charge on any atom is 0.271 e. The number of anilines is 1. The molecular weight excluding hydrogens is 282 g/mol. The maximum atomic E-state index is 11.8. The zero-order valence-electron chi connectivity index (χ0n) is 11.3. The Morgan fingerprint density at radius 2 is 2.20 bits per heavy atom. The van der Waals surface area contributed by atoms with Gasteiger partial charge in [-0.05, 0) is 31.4 Å². The van der Waals surface area contributed by atoms with Gasteiger partial charge in [-0.3, -0.25) is 14.9 Å². The van der Waals surface area contributed by atoms with Crippen molar-refractivity contribution >= 4 is 28.9 Å². The first-order valence-electron chi connectivity index (χ1n) is 6.38. The van der Waals surface area contributed by atoms with Crippen LogP contribution in [0.4, 0.5) is 11.4 Å². The van der Waals surface area contributed by atoms with E-state index >= 15 is 0 Å². The molecule has 1 rings (SSSR count). The zero-order chi connectivity index (χ0) is 15.1. The van der Waals surface area contributed by atoms with Crippen LogP contribution in [0.25, 0.3) is 0 Å². The smallest absolute Gasteiger partial charge is 0.271 e. The predicted molar refractivity (Wildman–Crippen MR) is 78.8 cm³/mol. The lowest BCUT2D eigenvalue weighted by Crippen LogP contribution is -2.14. The van der Waals surface area contributed by atoms with E-state index in [1.54, 1.807) is 0 Å². The fourth-order valence-corrected chi connectivity index (χ4v) is 1.96. The molecule has 1 amide bonds. The van der Waals surface area contributed by atoms with Gasteiger partial charge >= 0.3 is 0 Å². The minimum atomic E-state index is -0.536. The largest absolute Gasteiger partial charge is 0.330 e. The highest BCUT2D eigenvalue weighted by molar-refractivity contribution is 6.33. The highest BCUT2D eigenvalue weighted by Crippen LogP contribution is 2.26. The van der Waals surface area contributed by atoms with Crippen LogP contribution in [0.1, 0.15) is 26.2 Å². The number of nitro benzene ring substituents is 1. The Hall–Kier alpha value is -1.66. The van der Waals surface area contributed by atoms with E-state index in [0.717, 1.165) is 12.8 Å². The van der Waals surface area contributed by atoms with Crippen LogP contribution in [-0.2, 0) is 4.79 Å². The summed E-state index contributed by atoms with van der Waals surface area (Å²) in [4.78, 5) is 21.8. The molecule has 1 aromatic rings. The summed E-state index contributed by atoms with van der Waals surface area (Å²) >= 11 is 5.89. The minimum absolute atomic E-state index is 0.107. The number of carbonyl (C=O) groups excluding carboxylic acids is 1. The molecule has 1 atom stereocenters. The number of benzene rings is 1. The second kappa shape index (κ2) is 7.81. The van der Waals surface area contributed by atoms with Crippen molar-refractivity contribution < 1.29 is 9.72 Å².